The van der Waals surface area contributed by atoms with E-state index in [2.05, 4.69) is 4.98 Å². The highest BCUT2D eigenvalue weighted by Crippen LogP contribution is 2.39. The van der Waals surface area contributed by atoms with Crippen molar-refractivity contribution in [1.82, 2.24) is 4.98 Å². The number of carbonyl (C=O) groups is 1. The van der Waals surface area contributed by atoms with E-state index in [0.717, 1.165) is 4.88 Å². The van der Waals surface area contributed by atoms with E-state index < -0.39 is 5.97 Å². The highest BCUT2D eigenvalue weighted by atomic mass is 35.5. The SMILES string of the molecule is O=C(OCc1coc(-c2cccs2)n1)c1cc(Cl)c2c(c1)OCO2. The fourth-order valence-corrected chi connectivity index (χ4v) is 3.12. The third kappa shape index (κ3) is 2.83. The van der Waals surface area contributed by atoms with Gasteiger partial charge in [0.25, 0.3) is 0 Å². The topological polar surface area (TPSA) is 70.8 Å². The maximum Gasteiger partial charge on any atom is 0.338 e. The van der Waals surface area contributed by atoms with Crippen molar-refractivity contribution < 1.29 is 23.4 Å². The first-order chi connectivity index (χ1) is 11.7. The Bertz CT molecular complexity index is 890. The molecule has 4 rings (SSSR count). The van der Waals surface area contributed by atoms with E-state index in [9.17, 15) is 4.79 Å². The number of esters is 1. The van der Waals surface area contributed by atoms with Crippen LogP contribution in [-0.4, -0.2) is 17.7 Å². The smallest absolute Gasteiger partial charge is 0.338 e. The van der Waals surface area contributed by atoms with Crippen LogP contribution in [0.2, 0.25) is 5.02 Å². The maximum absolute atomic E-state index is 12.2. The summed E-state index contributed by atoms with van der Waals surface area (Å²) in [5.41, 5.74) is 0.810. The van der Waals surface area contributed by atoms with Crippen LogP contribution in [0.4, 0.5) is 0 Å². The van der Waals surface area contributed by atoms with E-state index in [-0.39, 0.29) is 19.0 Å². The summed E-state index contributed by atoms with van der Waals surface area (Å²) in [6, 6.07) is 6.84. The summed E-state index contributed by atoms with van der Waals surface area (Å²) in [5.74, 6) is 0.833. The Balaban J connectivity index is 1.45. The van der Waals surface area contributed by atoms with Gasteiger partial charge in [-0.15, -0.1) is 11.3 Å². The minimum Gasteiger partial charge on any atom is -0.455 e. The van der Waals surface area contributed by atoms with Crippen molar-refractivity contribution >= 4 is 28.9 Å². The summed E-state index contributed by atoms with van der Waals surface area (Å²) in [6.45, 7) is 0.0811. The minimum absolute atomic E-state index is 0.000229. The second-order valence-corrected chi connectivity index (χ2v) is 6.24. The Morgan fingerprint density at radius 3 is 3.12 bits per heavy atom. The molecular formula is C16H10ClNO5S. The number of benzene rings is 1. The molecule has 6 nitrogen and oxygen atoms in total. The maximum atomic E-state index is 12.2. The average molecular weight is 364 g/mol. The molecule has 1 aliphatic heterocycles. The highest BCUT2D eigenvalue weighted by Gasteiger charge is 2.21. The number of hydrogen-bond acceptors (Lipinski definition) is 7. The first-order valence-corrected chi connectivity index (χ1v) is 8.21. The van der Waals surface area contributed by atoms with E-state index in [0.29, 0.717) is 28.1 Å². The lowest BCUT2D eigenvalue weighted by atomic mass is 10.2. The number of carbonyl (C=O) groups excluding carboxylic acids is 1. The van der Waals surface area contributed by atoms with Gasteiger partial charge < -0.3 is 18.6 Å². The number of thiophene rings is 1. The van der Waals surface area contributed by atoms with Crippen molar-refractivity contribution in [2.24, 2.45) is 0 Å². The summed E-state index contributed by atoms with van der Waals surface area (Å²) in [4.78, 5) is 17.4. The van der Waals surface area contributed by atoms with Crippen LogP contribution in [0.1, 0.15) is 16.1 Å². The lowest BCUT2D eigenvalue weighted by Crippen LogP contribution is -2.05. The van der Waals surface area contributed by atoms with Gasteiger partial charge in [-0.1, -0.05) is 17.7 Å². The standard InChI is InChI=1S/C16H10ClNO5S/c17-11-4-9(5-12-14(11)23-8-22-12)16(19)21-7-10-6-20-15(18-10)13-2-1-3-24-13/h1-6H,7-8H2. The van der Waals surface area contributed by atoms with Gasteiger partial charge in [0.15, 0.2) is 11.5 Å². The van der Waals surface area contributed by atoms with Crippen LogP contribution in [0, 0.1) is 0 Å². The number of aromatic nitrogens is 1. The normalized spacial score (nSPS) is 12.4. The number of nitrogens with zero attached hydrogens (tertiary/aromatic N) is 1. The third-order valence-corrected chi connectivity index (χ3v) is 4.44. The van der Waals surface area contributed by atoms with Gasteiger partial charge in [0, 0.05) is 0 Å². The summed E-state index contributed by atoms with van der Waals surface area (Å²) < 4.78 is 21.1. The second kappa shape index (κ2) is 6.18. The Labute approximate surface area is 145 Å². The fourth-order valence-electron chi connectivity index (χ4n) is 2.19. The number of oxazole rings is 1. The number of hydrogen-bond donors (Lipinski definition) is 0. The largest absolute Gasteiger partial charge is 0.455 e. The molecule has 2 aromatic heterocycles. The van der Waals surface area contributed by atoms with Crippen LogP contribution in [0.15, 0.2) is 40.3 Å². The molecule has 0 unspecified atom stereocenters. The fraction of sp³-hybridized carbons (Fsp3) is 0.125. The third-order valence-electron chi connectivity index (χ3n) is 3.30. The average Bonchev–Trinajstić information content (AvgIpc) is 3.31. The summed E-state index contributed by atoms with van der Waals surface area (Å²) >= 11 is 7.58. The van der Waals surface area contributed by atoms with Crippen LogP contribution in [-0.2, 0) is 11.3 Å². The van der Waals surface area contributed by atoms with Gasteiger partial charge in [-0.2, -0.15) is 0 Å². The van der Waals surface area contributed by atoms with E-state index in [4.69, 9.17) is 30.2 Å². The zero-order chi connectivity index (χ0) is 16.5. The van der Waals surface area contributed by atoms with Crippen molar-refractivity contribution in [2.75, 3.05) is 6.79 Å². The molecule has 0 aliphatic carbocycles. The van der Waals surface area contributed by atoms with Gasteiger partial charge in [-0.25, -0.2) is 9.78 Å². The second-order valence-electron chi connectivity index (χ2n) is 4.89. The van der Waals surface area contributed by atoms with Gasteiger partial charge in [0.2, 0.25) is 12.7 Å². The summed E-state index contributed by atoms with van der Waals surface area (Å²) in [5, 5.41) is 2.24. The van der Waals surface area contributed by atoms with Gasteiger partial charge in [0.1, 0.15) is 18.6 Å². The molecule has 1 aliphatic rings. The molecule has 1 aromatic carbocycles. The van der Waals surface area contributed by atoms with Crippen LogP contribution in [0.25, 0.3) is 10.8 Å². The molecule has 3 heterocycles. The molecule has 8 heteroatoms. The zero-order valence-corrected chi connectivity index (χ0v) is 13.7. The van der Waals surface area contributed by atoms with Crippen LogP contribution in [0.5, 0.6) is 11.5 Å². The van der Waals surface area contributed by atoms with Gasteiger partial charge in [0.05, 0.1) is 15.5 Å². The number of fused-ring (bicyclic) bond motifs is 1. The number of ether oxygens (including phenoxy) is 3. The van der Waals surface area contributed by atoms with Crippen LogP contribution >= 0.6 is 22.9 Å². The Morgan fingerprint density at radius 2 is 2.29 bits per heavy atom. The molecule has 0 spiro atoms. The Hall–Kier alpha value is -2.51. The molecule has 0 fully saturated rings. The monoisotopic (exact) mass is 363 g/mol. The van der Waals surface area contributed by atoms with Crippen molar-refractivity contribution in [3.05, 3.63) is 52.2 Å². The lowest BCUT2D eigenvalue weighted by molar-refractivity contribution is 0.0467. The van der Waals surface area contributed by atoms with E-state index in [1.165, 1.54) is 29.7 Å². The molecule has 0 saturated heterocycles. The molecule has 3 aromatic rings. The molecule has 0 radical (unpaired) electrons. The predicted octanol–water partition coefficient (Wildman–Crippen LogP) is 4.14. The summed E-state index contributed by atoms with van der Waals surface area (Å²) in [6.07, 6.45) is 1.47. The van der Waals surface area contributed by atoms with E-state index in [1.807, 2.05) is 17.5 Å². The molecule has 0 bridgehead atoms. The minimum atomic E-state index is -0.532. The Kier molecular flexibility index (Phi) is 3.87. The van der Waals surface area contributed by atoms with Crippen molar-refractivity contribution in [2.45, 2.75) is 6.61 Å². The number of rotatable bonds is 4. The van der Waals surface area contributed by atoms with Crippen molar-refractivity contribution in [3.63, 3.8) is 0 Å². The molecule has 24 heavy (non-hydrogen) atoms. The van der Waals surface area contributed by atoms with Crippen LogP contribution < -0.4 is 9.47 Å². The first kappa shape index (κ1) is 15.0. The predicted molar refractivity (Wildman–Crippen MR) is 86.5 cm³/mol. The van der Waals surface area contributed by atoms with E-state index >= 15 is 0 Å². The first-order valence-electron chi connectivity index (χ1n) is 6.95. The molecular weight excluding hydrogens is 354 g/mol. The lowest BCUT2D eigenvalue weighted by Gasteiger charge is -2.05. The summed E-state index contributed by atoms with van der Waals surface area (Å²) in [7, 11) is 0. The molecule has 0 amide bonds. The molecule has 0 atom stereocenters. The highest BCUT2D eigenvalue weighted by molar-refractivity contribution is 7.13. The number of halogens is 1. The van der Waals surface area contributed by atoms with Crippen LogP contribution in [0.3, 0.4) is 0 Å². The van der Waals surface area contributed by atoms with Crippen molar-refractivity contribution in [1.29, 1.82) is 0 Å². The van der Waals surface area contributed by atoms with Gasteiger partial charge in [-0.3, -0.25) is 0 Å². The van der Waals surface area contributed by atoms with Gasteiger partial charge in [-0.05, 0) is 23.6 Å². The molecule has 122 valence electrons. The van der Waals surface area contributed by atoms with Gasteiger partial charge >= 0.3 is 5.97 Å². The van der Waals surface area contributed by atoms with E-state index in [1.54, 1.807) is 0 Å². The molecule has 0 N–H and O–H groups in total. The Morgan fingerprint density at radius 1 is 1.38 bits per heavy atom. The van der Waals surface area contributed by atoms with Crippen molar-refractivity contribution in [3.8, 4) is 22.3 Å². The molecule has 0 saturated carbocycles. The zero-order valence-electron chi connectivity index (χ0n) is 12.2. The quantitative estimate of drug-likeness (QED) is 0.649.